The molecular weight excluding hydrogens is 259 g/mol. The summed E-state index contributed by atoms with van der Waals surface area (Å²) in [6.07, 6.45) is -6.11. The SMILES string of the molecule is CNC(COC(C)C(F)(F)F)c1ccc(OC)cc1. The highest BCUT2D eigenvalue weighted by molar-refractivity contribution is 5.29. The summed E-state index contributed by atoms with van der Waals surface area (Å²) in [5, 5.41) is 2.93. The number of nitrogens with one attached hydrogen (secondary N) is 1. The second-order valence-corrected chi connectivity index (χ2v) is 4.13. The predicted octanol–water partition coefficient (Wildman–Crippen LogP) is 2.92. The molecular formula is C13H18F3NO2. The van der Waals surface area contributed by atoms with Gasteiger partial charge in [0.1, 0.15) is 5.75 Å². The lowest BCUT2D eigenvalue weighted by Gasteiger charge is -2.21. The van der Waals surface area contributed by atoms with Crippen LogP contribution in [0.1, 0.15) is 18.5 Å². The number of halogens is 3. The molecule has 2 unspecified atom stereocenters. The predicted molar refractivity (Wildman–Crippen MR) is 66.3 cm³/mol. The van der Waals surface area contributed by atoms with E-state index < -0.39 is 12.3 Å². The maximum absolute atomic E-state index is 12.3. The summed E-state index contributed by atoms with van der Waals surface area (Å²) in [7, 11) is 3.23. The van der Waals surface area contributed by atoms with Crippen molar-refractivity contribution in [3.05, 3.63) is 29.8 Å². The summed E-state index contributed by atoms with van der Waals surface area (Å²) in [4.78, 5) is 0. The second-order valence-electron chi connectivity index (χ2n) is 4.13. The number of rotatable bonds is 6. The Bertz CT molecular complexity index is 378. The van der Waals surface area contributed by atoms with Gasteiger partial charge in [-0.25, -0.2) is 0 Å². The molecule has 0 aliphatic carbocycles. The van der Waals surface area contributed by atoms with Crippen molar-refractivity contribution in [1.82, 2.24) is 5.32 Å². The minimum Gasteiger partial charge on any atom is -0.497 e. The van der Waals surface area contributed by atoms with E-state index in [1.165, 1.54) is 0 Å². The molecule has 2 atom stereocenters. The summed E-state index contributed by atoms with van der Waals surface area (Å²) >= 11 is 0. The lowest BCUT2D eigenvalue weighted by molar-refractivity contribution is -0.215. The molecule has 0 aliphatic rings. The van der Waals surface area contributed by atoms with Gasteiger partial charge in [-0.05, 0) is 31.7 Å². The Kier molecular flexibility index (Phi) is 5.62. The van der Waals surface area contributed by atoms with E-state index in [-0.39, 0.29) is 12.6 Å². The molecule has 0 spiro atoms. The molecule has 19 heavy (non-hydrogen) atoms. The highest BCUT2D eigenvalue weighted by Gasteiger charge is 2.37. The van der Waals surface area contributed by atoms with Crippen LogP contribution in [-0.2, 0) is 4.74 Å². The molecule has 6 heteroatoms. The van der Waals surface area contributed by atoms with Crippen molar-refractivity contribution in [1.29, 1.82) is 0 Å². The van der Waals surface area contributed by atoms with E-state index in [0.717, 1.165) is 12.5 Å². The lowest BCUT2D eigenvalue weighted by atomic mass is 10.1. The third-order valence-electron chi connectivity index (χ3n) is 2.84. The number of benzene rings is 1. The summed E-state index contributed by atoms with van der Waals surface area (Å²) < 4.78 is 46.9. The van der Waals surface area contributed by atoms with Crippen LogP contribution < -0.4 is 10.1 Å². The molecule has 0 saturated carbocycles. The zero-order valence-corrected chi connectivity index (χ0v) is 11.1. The molecule has 0 radical (unpaired) electrons. The maximum atomic E-state index is 12.3. The molecule has 0 aromatic heterocycles. The average Bonchev–Trinajstić information content (AvgIpc) is 2.38. The highest BCUT2D eigenvalue weighted by Crippen LogP contribution is 2.24. The van der Waals surface area contributed by atoms with Crippen LogP contribution in [0.3, 0.4) is 0 Å². The fourth-order valence-electron chi connectivity index (χ4n) is 1.52. The van der Waals surface area contributed by atoms with Gasteiger partial charge in [-0.15, -0.1) is 0 Å². The molecule has 0 heterocycles. The number of ether oxygens (including phenoxy) is 2. The topological polar surface area (TPSA) is 30.5 Å². The lowest BCUT2D eigenvalue weighted by Crippen LogP contribution is -2.32. The van der Waals surface area contributed by atoms with Gasteiger partial charge in [0.2, 0.25) is 0 Å². The molecule has 0 aliphatic heterocycles. The van der Waals surface area contributed by atoms with Gasteiger partial charge in [0.05, 0.1) is 19.8 Å². The van der Waals surface area contributed by atoms with E-state index in [2.05, 4.69) is 5.32 Å². The first kappa shape index (κ1) is 15.8. The Morgan fingerprint density at radius 2 is 1.79 bits per heavy atom. The minimum atomic E-state index is -4.34. The van der Waals surface area contributed by atoms with Crippen LogP contribution in [0.5, 0.6) is 5.75 Å². The Labute approximate surface area is 110 Å². The molecule has 0 amide bonds. The van der Waals surface area contributed by atoms with Crippen LogP contribution in [0.15, 0.2) is 24.3 Å². The number of methoxy groups -OCH3 is 1. The van der Waals surface area contributed by atoms with Gasteiger partial charge in [-0.1, -0.05) is 12.1 Å². The summed E-state index contributed by atoms with van der Waals surface area (Å²) in [6.45, 7) is 0.949. The number of hydrogen-bond acceptors (Lipinski definition) is 3. The number of likely N-dealkylation sites (N-methyl/N-ethyl adjacent to an activating group) is 1. The highest BCUT2D eigenvalue weighted by atomic mass is 19.4. The van der Waals surface area contributed by atoms with E-state index >= 15 is 0 Å². The van der Waals surface area contributed by atoms with Crippen molar-refractivity contribution >= 4 is 0 Å². The van der Waals surface area contributed by atoms with Crippen molar-refractivity contribution in [3.8, 4) is 5.75 Å². The van der Waals surface area contributed by atoms with Crippen LogP contribution in [-0.4, -0.2) is 33.0 Å². The van der Waals surface area contributed by atoms with Crippen molar-refractivity contribution in [3.63, 3.8) is 0 Å². The zero-order chi connectivity index (χ0) is 14.5. The molecule has 1 N–H and O–H groups in total. The Morgan fingerprint density at radius 1 is 1.21 bits per heavy atom. The molecule has 0 fully saturated rings. The largest absolute Gasteiger partial charge is 0.497 e. The summed E-state index contributed by atoms with van der Waals surface area (Å²) in [5.74, 6) is 0.697. The van der Waals surface area contributed by atoms with Crippen molar-refractivity contribution in [2.45, 2.75) is 25.2 Å². The smallest absolute Gasteiger partial charge is 0.414 e. The molecule has 1 aromatic carbocycles. The van der Waals surface area contributed by atoms with Crippen LogP contribution in [0.4, 0.5) is 13.2 Å². The van der Waals surface area contributed by atoms with Gasteiger partial charge in [-0.2, -0.15) is 13.2 Å². The third kappa shape index (κ3) is 4.72. The fourth-order valence-corrected chi connectivity index (χ4v) is 1.52. The first-order valence-corrected chi connectivity index (χ1v) is 5.88. The van der Waals surface area contributed by atoms with Gasteiger partial charge in [0.25, 0.3) is 0 Å². The van der Waals surface area contributed by atoms with Crippen molar-refractivity contribution in [2.24, 2.45) is 0 Å². The van der Waals surface area contributed by atoms with E-state index in [1.807, 2.05) is 0 Å². The van der Waals surface area contributed by atoms with Crippen LogP contribution >= 0.6 is 0 Å². The minimum absolute atomic E-state index is 0.0521. The fraction of sp³-hybridized carbons (Fsp3) is 0.538. The number of hydrogen-bond donors (Lipinski definition) is 1. The third-order valence-corrected chi connectivity index (χ3v) is 2.84. The van der Waals surface area contributed by atoms with E-state index in [9.17, 15) is 13.2 Å². The normalized spacial score (nSPS) is 15.1. The Morgan fingerprint density at radius 3 is 2.21 bits per heavy atom. The number of alkyl halides is 3. The molecule has 3 nitrogen and oxygen atoms in total. The van der Waals surface area contributed by atoms with Crippen molar-refractivity contribution < 1.29 is 22.6 Å². The molecule has 0 bridgehead atoms. The zero-order valence-electron chi connectivity index (χ0n) is 11.1. The second kappa shape index (κ2) is 6.77. The summed E-state index contributed by atoms with van der Waals surface area (Å²) in [5.41, 5.74) is 0.845. The summed E-state index contributed by atoms with van der Waals surface area (Å²) in [6, 6.07) is 6.80. The van der Waals surface area contributed by atoms with E-state index in [4.69, 9.17) is 9.47 Å². The molecule has 1 rings (SSSR count). The monoisotopic (exact) mass is 277 g/mol. The van der Waals surface area contributed by atoms with Crippen LogP contribution in [0, 0.1) is 0 Å². The first-order valence-electron chi connectivity index (χ1n) is 5.88. The quantitative estimate of drug-likeness (QED) is 0.867. The maximum Gasteiger partial charge on any atom is 0.414 e. The van der Waals surface area contributed by atoms with Crippen LogP contribution in [0.25, 0.3) is 0 Å². The Balaban J connectivity index is 2.62. The van der Waals surface area contributed by atoms with E-state index in [0.29, 0.717) is 5.75 Å². The molecule has 108 valence electrons. The van der Waals surface area contributed by atoms with Crippen LogP contribution in [0.2, 0.25) is 0 Å². The van der Waals surface area contributed by atoms with Gasteiger partial charge in [0, 0.05) is 0 Å². The average molecular weight is 277 g/mol. The van der Waals surface area contributed by atoms with E-state index in [1.54, 1.807) is 38.4 Å². The molecule has 1 aromatic rings. The van der Waals surface area contributed by atoms with Gasteiger partial charge < -0.3 is 14.8 Å². The van der Waals surface area contributed by atoms with Gasteiger partial charge >= 0.3 is 6.18 Å². The van der Waals surface area contributed by atoms with Gasteiger partial charge in [0.15, 0.2) is 6.10 Å². The first-order chi connectivity index (χ1) is 8.88. The Hall–Kier alpha value is -1.27. The van der Waals surface area contributed by atoms with Crippen molar-refractivity contribution in [2.75, 3.05) is 20.8 Å². The standard InChI is InChI=1S/C13H18F3NO2/c1-9(13(14,15)16)19-8-12(17-2)10-4-6-11(18-3)7-5-10/h4-7,9,12,17H,8H2,1-3H3. The van der Waals surface area contributed by atoms with Gasteiger partial charge in [-0.3, -0.25) is 0 Å². The molecule has 0 saturated heterocycles.